The molecule has 0 aliphatic heterocycles. The zero-order valence-corrected chi connectivity index (χ0v) is 15.6. The second-order valence-corrected chi connectivity index (χ2v) is 6.93. The van der Waals surface area contributed by atoms with E-state index in [1.165, 1.54) is 0 Å². The third-order valence-corrected chi connectivity index (χ3v) is 3.84. The van der Waals surface area contributed by atoms with Gasteiger partial charge in [-0.15, -0.1) is 0 Å². The van der Waals surface area contributed by atoms with E-state index < -0.39 is 5.41 Å². The Kier molecular flexibility index (Phi) is 7.22. The molecule has 0 radical (unpaired) electrons. The van der Waals surface area contributed by atoms with Gasteiger partial charge in [-0.2, -0.15) is 0 Å². The van der Waals surface area contributed by atoms with Gasteiger partial charge in [0.15, 0.2) is 0 Å². The molecule has 134 valence electrons. The molecule has 0 atom stereocenters. The van der Waals surface area contributed by atoms with Crippen molar-refractivity contribution in [1.29, 1.82) is 0 Å². The lowest BCUT2D eigenvalue weighted by molar-refractivity contribution is -0.138. The van der Waals surface area contributed by atoms with Crippen molar-refractivity contribution in [2.45, 2.75) is 20.3 Å². The molecule has 6 heteroatoms. The molecule has 0 saturated carbocycles. The summed E-state index contributed by atoms with van der Waals surface area (Å²) in [5, 5.41) is 5.65. The van der Waals surface area contributed by atoms with Crippen LogP contribution in [0.15, 0.2) is 24.3 Å². The first-order chi connectivity index (χ1) is 11.1. The first kappa shape index (κ1) is 20.0. The van der Waals surface area contributed by atoms with E-state index in [4.69, 9.17) is 0 Å². The number of carbonyl (C=O) groups excluding carboxylic acids is 2. The van der Waals surface area contributed by atoms with Gasteiger partial charge in [-0.05, 0) is 65.2 Å². The van der Waals surface area contributed by atoms with E-state index in [9.17, 15) is 9.59 Å². The normalized spacial score (nSPS) is 11.3. The molecule has 2 N–H and O–H groups in total. The SMILES string of the molecule is CN(C)CCCNC(=O)C(C)(C)C(=O)Nc1ccc(N(C)C)cc1. The molecule has 0 spiro atoms. The quantitative estimate of drug-likeness (QED) is 0.562. The van der Waals surface area contributed by atoms with Crippen LogP contribution in [0, 0.1) is 5.41 Å². The molecule has 2 amide bonds. The molecule has 0 unspecified atom stereocenters. The van der Waals surface area contributed by atoms with Crippen molar-refractivity contribution in [2.24, 2.45) is 5.41 Å². The van der Waals surface area contributed by atoms with Crippen LogP contribution in [-0.2, 0) is 9.59 Å². The van der Waals surface area contributed by atoms with Crippen LogP contribution in [0.3, 0.4) is 0 Å². The average molecular weight is 334 g/mol. The summed E-state index contributed by atoms with van der Waals surface area (Å²) >= 11 is 0. The molecule has 0 heterocycles. The number of hydrogen-bond donors (Lipinski definition) is 2. The van der Waals surface area contributed by atoms with Crippen molar-refractivity contribution in [1.82, 2.24) is 10.2 Å². The van der Waals surface area contributed by atoms with E-state index in [1.807, 2.05) is 57.4 Å². The third-order valence-electron chi connectivity index (χ3n) is 3.84. The fraction of sp³-hybridized carbons (Fsp3) is 0.556. The second-order valence-electron chi connectivity index (χ2n) is 6.93. The lowest BCUT2D eigenvalue weighted by Crippen LogP contribution is -2.45. The molecule has 1 aromatic carbocycles. The first-order valence-corrected chi connectivity index (χ1v) is 8.16. The van der Waals surface area contributed by atoms with Gasteiger partial charge in [-0.25, -0.2) is 0 Å². The maximum Gasteiger partial charge on any atom is 0.239 e. The van der Waals surface area contributed by atoms with E-state index in [1.54, 1.807) is 13.8 Å². The smallest absolute Gasteiger partial charge is 0.239 e. The zero-order chi connectivity index (χ0) is 18.3. The first-order valence-electron chi connectivity index (χ1n) is 8.16. The van der Waals surface area contributed by atoms with Gasteiger partial charge in [-0.1, -0.05) is 0 Å². The summed E-state index contributed by atoms with van der Waals surface area (Å²) in [6.45, 7) is 4.73. The van der Waals surface area contributed by atoms with E-state index in [2.05, 4.69) is 15.5 Å². The Hall–Kier alpha value is -2.08. The van der Waals surface area contributed by atoms with Crippen molar-refractivity contribution in [3.8, 4) is 0 Å². The zero-order valence-electron chi connectivity index (χ0n) is 15.6. The van der Waals surface area contributed by atoms with Crippen LogP contribution in [0.2, 0.25) is 0 Å². The highest BCUT2D eigenvalue weighted by Crippen LogP contribution is 2.21. The molecular weight excluding hydrogens is 304 g/mol. The number of benzene rings is 1. The van der Waals surface area contributed by atoms with E-state index in [0.29, 0.717) is 12.2 Å². The van der Waals surface area contributed by atoms with Gasteiger partial charge in [0, 0.05) is 32.0 Å². The molecule has 0 saturated heterocycles. The highest BCUT2D eigenvalue weighted by Gasteiger charge is 2.35. The Morgan fingerprint density at radius 3 is 2.08 bits per heavy atom. The maximum absolute atomic E-state index is 12.4. The summed E-state index contributed by atoms with van der Waals surface area (Å²) in [4.78, 5) is 28.8. The largest absolute Gasteiger partial charge is 0.378 e. The van der Waals surface area contributed by atoms with Gasteiger partial charge in [0.25, 0.3) is 0 Å². The Bertz CT molecular complexity index is 551. The van der Waals surface area contributed by atoms with Gasteiger partial charge in [0.05, 0.1) is 0 Å². The van der Waals surface area contributed by atoms with Crippen molar-refractivity contribution in [2.75, 3.05) is 51.5 Å². The van der Waals surface area contributed by atoms with Crippen LogP contribution in [0.25, 0.3) is 0 Å². The monoisotopic (exact) mass is 334 g/mol. The molecular formula is C18H30N4O2. The topological polar surface area (TPSA) is 64.7 Å². The molecule has 0 aliphatic rings. The van der Waals surface area contributed by atoms with Crippen LogP contribution in [0.1, 0.15) is 20.3 Å². The fourth-order valence-electron chi connectivity index (χ4n) is 2.05. The lowest BCUT2D eigenvalue weighted by atomic mass is 9.91. The number of nitrogens with zero attached hydrogens (tertiary/aromatic N) is 2. The van der Waals surface area contributed by atoms with Gasteiger partial charge in [0.1, 0.15) is 5.41 Å². The number of carbonyl (C=O) groups is 2. The average Bonchev–Trinajstić information content (AvgIpc) is 2.51. The highest BCUT2D eigenvalue weighted by molar-refractivity contribution is 6.09. The lowest BCUT2D eigenvalue weighted by Gasteiger charge is -2.23. The summed E-state index contributed by atoms with van der Waals surface area (Å²) in [6.07, 6.45) is 0.850. The van der Waals surface area contributed by atoms with Crippen LogP contribution >= 0.6 is 0 Å². The van der Waals surface area contributed by atoms with Crippen LogP contribution in [0.4, 0.5) is 11.4 Å². The summed E-state index contributed by atoms with van der Waals surface area (Å²) in [5.74, 6) is -0.575. The van der Waals surface area contributed by atoms with Gasteiger partial charge < -0.3 is 20.4 Å². The van der Waals surface area contributed by atoms with E-state index >= 15 is 0 Å². The molecule has 1 rings (SSSR count). The predicted molar refractivity (Wildman–Crippen MR) is 99.4 cm³/mol. The molecule has 0 bridgehead atoms. The van der Waals surface area contributed by atoms with Crippen molar-refractivity contribution < 1.29 is 9.59 Å². The van der Waals surface area contributed by atoms with E-state index in [-0.39, 0.29) is 11.8 Å². The van der Waals surface area contributed by atoms with Crippen LogP contribution in [-0.4, -0.2) is 58.0 Å². The Balaban J connectivity index is 2.58. The van der Waals surface area contributed by atoms with Crippen LogP contribution in [0.5, 0.6) is 0 Å². The highest BCUT2D eigenvalue weighted by atomic mass is 16.2. The third kappa shape index (κ3) is 5.85. The minimum atomic E-state index is -1.13. The van der Waals surface area contributed by atoms with Crippen molar-refractivity contribution >= 4 is 23.2 Å². The summed E-state index contributed by atoms with van der Waals surface area (Å²) < 4.78 is 0. The Labute approximate surface area is 145 Å². The Morgan fingerprint density at radius 1 is 1.00 bits per heavy atom. The minimum Gasteiger partial charge on any atom is -0.378 e. The fourth-order valence-corrected chi connectivity index (χ4v) is 2.05. The molecule has 0 fully saturated rings. The standard InChI is InChI=1S/C18H30N4O2/c1-18(2,16(23)19-12-7-13-21(3)4)17(24)20-14-8-10-15(11-9-14)22(5)6/h8-11H,7,12-13H2,1-6H3,(H,19,23)(H,20,24). The summed E-state index contributed by atoms with van der Waals surface area (Å²) in [7, 11) is 7.89. The van der Waals surface area contributed by atoms with Crippen molar-refractivity contribution in [3.63, 3.8) is 0 Å². The number of amides is 2. The second kappa shape index (κ2) is 8.68. The number of anilines is 2. The number of rotatable bonds is 8. The van der Waals surface area contributed by atoms with E-state index in [0.717, 1.165) is 18.7 Å². The van der Waals surface area contributed by atoms with Crippen LogP contribution < -0.4 is 15.5 Å². The summed E-state index contributed by atoms with van der Waals surface area (Å²) in [5.41, 5.74) is 0.600. The van der Waals surface area contributed by atoms with Gasteiger partial charge in [0.2, 0.25) is 11.8 Å². The molecule has 0 aliphatic carbocycles. The van der Waals surface area contributed by atoms with Gasteiger partial charge in [-0.3, -0.25) is 9.59 Å². The maximum atomic E-state index is 12.4. The van der Waals surface area contributed by atoms with Gasteiger partial charge >= 0.3 is 0 Å². The minimum absolute atomic E-state index is 0.260. The van der Waals surface area contributed by atoms with Crippen molar-refractivity contribution in [3.05, 3.63) is 24.3 Å². The molecule has 1 aromatic rings. The Morgan fingerprint density at radius 2 is 1.58 bits per heavy atom. The molecule has 24 heavy (non-hydrogen) atoms. The number of hydrogen-bond acceptors (Lipinski definition) is 4. The molecule has 0 aromatic heterocycles. The number of nitrogens with one attached hydrogen (secondary N) is 2. The summed E-state index contributed by atoms with van der Waals surface area (Å²) in [6, 6.07) is 7.50. The molecule has 6 nitrogen and oxygen atoms in total. The predicted octanol–water partition coefficient (Wildman–Crippen LogP) is 1.79.